The lowest BCUT2D eigenvalue weighted by Gasteiger charge is -2.06. The zero-order valence-electron chi connectivity index (χ0n) is 10.2. The van der Waals surface area contributed by atoms with Crippen LogP contribution in [0.3, 0.4) is 0 Å². The van der Waals surface area contributed by atoms with Crippen LogP contribution in [0.25, 0.3) is 0 Å². The van der Waals surface area contributed by atoms with Crippen molar-refractivity contribution in [1.82, 2.24) is 10.3 Å². The Kier molecular flexibility index (Phi) is 6.33. The third kappa shape index (κ3) is 4.54. The number of carbonyl (C=O) groups excluding carboxylic acids is 1. The van der Waals surface area contributed by atoms with Crippen molar-refractivity contribution in [2.75, 3.05) is 6.54 Å². The summed E-state index contributed by atoms with van der Waals surface area (Å²) in [7, 11) is 0. The second-order valence-corrected chi connectivity index (χ2v) is 4.25. The van der Waals surface area contributed by atoms with E-state index in [-0.39, 0.29) is 18.3 Å². The molecule has 1 aromatic carbocycles. The molecule has 0 aliphatic rings. The predicted octanol–water partition coefficient (Wildman–Crippen LogP) is 3.13. The predicted molar refractivity (Wildman–Crippen MR) is 79.0 cm³/mol. The van der Waals surface area contributed by atoms with E-state index in [2.05, 4.69) is 10.3 Å². The maximum Gasteiger partial charge on any atom is 0.252 e. The van der Waals surface area contributed by atoms with Crippen LogP contribution in [0, 0.1) is 0 Å². The average Bonchev–Trinajstić information content (AvgIpc) is 2.42. The molecular formula is C14H14Cl2N2O. The minimum Gasteiger partial charge on any atom is -0.352 e. The zero-order valence-corrected chi connectivity index (χ0v) is 11.7. The van der Waals surface area contributed by atoms with E-state index in [9.17, 15) is 4.79 Å². The van der Waals surface area contributed by atoms with Gasteiger partial charge >= 0.3 is 0 Å². The number of nitrogens with zero attached hydrogens (tertiary/aromatic N) is 1. The molecule has 0 saturated carbocycles. The summed E-state index contributed by atoms with van der Waals surface area (Å²) in [4.78, 5) is 15.6. The van der Waals surface area contributed by atoms with Crippen LogP contribution in [0.5, 0.6) is 0 Å². The van der Waals surface area contributed by atoms with Crippen molar-refractivity contribution in [2.24, 2.45) is 0 Å². The van der Waals surface area contributed by atoms with Gasteiger partial charge in [-0.25, -0.2) is 0 Å². The van der Waals surface area contributed by atoms with Gasteiger partial charge in [0.2, 0.25) is 0 Å². The number of amides is 1. The summed E-state index contributed by atoms with van der Waals surface area (Å²) in [6.45, 7) is 0.553. The summed E-state index contributed by atoms with van der Waals surface area (Å²) in [6, 6.07) is 11.1. The molecule has 0 radical (unpaired) electrons. The third-order valence-corrected chi connectivity index (χ3v) is 2.93. The molecule has 100 valence electrons. The van der Waals surface area contributed by atoms with Gasteiger partial charge in [-0.2, -0.15) is 0 Å². The van der Waals surface area contributed by atoms with Gasteiger partial charge in [0.05, 0.1) is 5.56 Å². The summed E-state index contributed by atoms with van der Waals surface area (Å²) in [5.41, 5.74) is 1.60. The van der Waals surface area contributed by atoms with Crippen molar-refractivity contribution in [2.45, 2.75) is 6.42 Å². The molecule has 2 rings (SSSR count). The first-order chi connectivity index (χ1) is 8.77. The van der Waals surface area contributed by atoms with E-state index in [1.807, 2.05) is 24.3 Å². The fourth-order valence-corrected chi connectivity index (χ4v) is 1.84. The molecule has 19 heavy (non-hydrogen) atoms. The van der Waals surface area contributed by atoms with Gasteiger partial charge in [-0.3, -0.25) is 9.78 Å². The van der Waals surface area contributed by atoms with Crippen molar-refractivity contribution in [3.8, 4) is 0 Å². The molecule has 2 aromatic rings. The number of halogens is 2. The summed E-state index contributed by atoms with van der Waals surface area (Å²) in [5.74, 6) is -0.116. The first-order valence-corrected chi connectivity index (χ1v) is 6.07. The summed E-state index contributed by atoms with van der Waals surface area (Å²) in [6.07, 6.45) is 3.90. The van der Waals surface area contributed by atoms with Gasteiger partial charge in [-0.1, -0.05) is 29.8 Å². The molecule has 0 aliphatic heterocycles. The van der Waals surface area contributed by atoms with Crippen LogP contribution in [0.2, 0.25) is 5.02 Å². The second kappa shape index (κ2) is 7.77. The normalized spacial score (nSPS) is 9.53. The lowest BCUT2D eigenvalue weighted by Crippen LogP contribution is -2.25. The molecule has 5 heteroatoms. The molecule has 0 saturated heterocycles. The molecular weight excluding hydrogens is 283 g/mol. The number of rotatable bonds is 4. The first kappa shape index (κ1) is 15.5. The summed E-state index contributed by atoms with van der Waals surface area (Å²) in [5, 5.41) is 3.57. The number of pyridine rings is 1. The van der Waals surface area contributed by atoms with Crippen LogP contribution in [0.4, 0.5) is 0 Å². The number of aromatic nitrogens is 1. The van der Waals surface area contributed by atoms with Crippen LogP contribution in [-0.2, 0) is 6.42 Å². The fraction of sp³-hybridized carbons (Fsp3) is 0.143. The van der Waals surface area contributed by atoms with Gasteiger partial charge in [0.15, 0.2) is 0 Å². The van der Waals surface area contributed by atoms with Crippen molar-refractivity contribution < 1.29 is 4.79 Å². The Balaban J connectivity index is 0.00000180. The lowest BCUT2D eigenvalue weighted by molar-refractivity contribution is 0.0954. The van der Waals surface area contributed by atoms with Gasteiger partial charge in [0, 0.05) is 24.0 Å². The van der Waals surface area contributed by atoms with Crippen molar-refractivity contribution in [3.05, 3.63) is 64.9 Å². The highest BCUT2D eigenvalue weighted by Gasteiger charge is 2.04. The van der Waals surface area contributed by atoms with Gasteiger partial charge in [0.1, 0.15) is 0 Å². The highest BCUT2D eigenvalue weighted by molar-refractivity contribution is 6.31. The highest BCUT2D eigenvalue weighted by Crippen LogP contribution is 2.14. The van der Waals surface area contributed by atoms with Crippen LogP contribution in [0.15, 0.2) is 48.8 Å². The quantitative estimate of drug-likeness (QED) is 0.942. The van der Waals surface area contributed by atoms with Gasteiger partial charge in [-0.05, 0) is 30.2 Å². The monoisotopic (exact) mass is 296 g/mol. The number of carbonyl (C=O) groups is 1. The van der Waals surface area contributed by atoms with Crippen molar-refractivity contribution in [1.29, 1.82) is 0 Å². The zero-order chi connectivity index (χ0) is 12.8. The van der Waals surface area contributed by atoms with E-state index in [1.54, 1.807) is 24.5 Å². The SMILES string of the molecule is Cl.O=C(NCCc1ccccc1Cl)c1cccnc1. The third-order valence-electron chi connectivity index (χ3n) is 2.56. The Morgan fingerprint density at radius 2 is 2.00 bits per heavy atom. The number of benzene rings is 1. The lowest BCUT2D eigenvalue weighted by atomic mass is 10.1. The maximum atomic E-state index is 11.7. The molecule has 1 amide bonds. The number of hydrogen-bond acceptors (Lipinski definition) is 2. The van der Waals surface area contributed by atoms with E-state index < -0.39 is 0 Å². The molecule has 1 heterocycles. The standard InChI is InChI=1S/C14H13ClN2O.ClH/c15-13-6-2-1-4-11(13)7-9-17-14(18)12-5-3-8-16-10-12;/h1-6,8,10H,7,9H2,(H,17,18);1H. The molecule has 0 spiro atoms. The smallest absolute Gasteiger partial charge is 0.252 e. The number of nitrogens with one attached hydrogen (secondary N) is 1. The molecule has 0 unspecified atom stereocenters. The first-order valence-electron chi connectivity index (χ1n) is 5.69. The molecule has 0 fully saturated rings. The van der Waals surface area contributed by atoms with E-state index in [4.69, 9.17) is 11.6 Å². The Morgan fingerprint density at radius 1 is 1.21 bits per heavy atom. The minimum absolute atomic E-state index is 0. The molecule has 3 nitrogen and oxygen atoms in total. The molecule has 0 bridgehead atoms. The van der Waals surface area contributed by atoms with Gasteiger partial charge in [-0.15, -0.1) is 12.4 Å². The van der Waals surface area contributed by atoms with Crippen molar-refractivity contribution >= 4 is 29.9 Å². The molecule has 1 aromatic heterocycles. The fourth-order valence-electron chi connectivity index (χ4n) is 1.61. The Hall–Kier alpha value is -1.58. The highest BCUT2D eigenvalue weighted by atomic mass is 35.5. The molecule has 0 atom stereocenters. The van der Waals surface area contributed by atoms with Crippen LogP contribution in [0.1, 0.15) is 15.9 Å². The average molecular weight is 297 g/mol. The van der Waals surface area contributed by atoms with Gasteiger partial charge < -0.3 is 5.32 Å². The van der Waals surface area contributed by atoms with E-state index in [0.29, 0.717) is 18.5 Å². The largest absolute Gasteiger partial charge is 0.352 e. The van der Waals surface area contributed by atoms with E-state index >= 15 is 0 Å². The van der Waals surface area contributed by atoms with Crippen molar-refractivity contribution in [3.63, 3.8) is 0 Å². The Morgan fingerprint density at radius 3 is 2.68 bits per heavy atom. The number of hydrogen-bond donors (Lipinski definition) is 1. The minimum atomic E-state index is -0.116. The summed E-state index contributed by atoms with van der Waals surface area (Å²) >= 11 is 6.03. The van der Waals surface area contributed by atoms with E-state index in [0.717, 1.165) is 10.6 Å². The van der Waals surface area contributed by atoms with Crippen LogP contribution < -0.4 is 5.32 Å². The van der Waals surface area contributed by atoms with Crippen LogP contribution in [-0.4, -0.2) is 17.4 Å². The summed E-state index contributed by atoms with van der Waals surface area (Å²) < 4.78 is 0. The molecule has 1 N–H and O–H groups in total. The Labute approximate surface area is 123 Å². The van der Waals surface area contributed by atoms with E-state index in [1.165, 1.54) is 0 Å². The topological polar surface area (TPSA) is 42.0 Å². The molecule has 0 aliphatic carbocycles. The van der Waals surface area contributed by atoms with Gasteiger partial charge in [0.25, 0.3) is 5.91 Å². The van der Waals surface area contributed by atoms with Crippen LogP contribution >= 0.6 is 24.0 Å². The maximum absolute atomic E-state index is 11.7. The second-order valence-electron chi connectivity index (χ2n) is 3.84. The Bertz CT molecular complexity index is 532.